The number of benzene rings is 2. The summed E-state index contributed by atoms with van der Waals surface area (Å²) >= 11 is 0. The maximum absolute atomic E-state index is 12.9. The van der Waals surface area contributed by atoms with Gasteiger partial charge in [-0.05, 0) is 43.3 Å². The molecule has 160 valence electrons. The molecule has 2 atom stereocenters. The van der Waals surface area contributed by atoms with Gasteiger partial charge in [-0.15, -0.1) is 0 Å². The molecule has 2 aliphatic rings. The van der Waals surface area contributed by atoms with Crippen LogP contribution < -0.4 is 14.8 Å². The smallest absolute Gasteiger partial charge is 0.267 e. The molecule has 0 aliphatic carbocycles. The molecule has 2 aliphatic heterocycles. The Morgan fingerprint density at radius 3 is 2.42 bits per heavy atom. The minimum absolute atomic E-state index is 0.0937. The molecular formula is C23H24N4O4. The van der Waals surface area contributed by atoms with Gasteiger partial charge in [0, 0.05) is 31.9 Å². The van der Waals surface area contributed by atoms with E-state index in [4.69, 9.17) is 14.7 Å². The van der Waals surface area contributed by atoms with Crippen LogP contribution in [0.3, 0.4) is 0 Å². The topological polar surface area (TPSA) is 94.9 Å². The van der Waals surface area contributed by atoms with Crippen LogP contribution in [0.15, 0.2) is 48.5 Å². The lowest BCUT2D eigenvalue weighted by Gasteiger charge is -2.39. The van der Waals surface area contributed by atoms with Crippen molar-refractivity contribution in [3.8, 4) is 17.6 Å². The Hall–Kier alpha value is -3.57. The highest BCUT2D eigenvalue weighted by Crippen LogP contribution is 2.31. The molecule has 1 N–H and O–H groups in total. The van der Waals surface area contributed by atoms with Crippen molar-refractivity contribution >= 4 is 17.5 Å². The van der Waals surface area contributed by atoms with Crippen LogP contribution in [0.5, 0.6) is 11.5 Å². The zero-order valence-electron chi connectivity index (χ0n) is 17.3. The maximum Gasteiger partial charge on any atom is 0.267 e. The third-order valence-corrected chi connectivity index (χ3v) is 5.62. The predicted octanol–water partition coefficient (Wildman–Crippen LogP) is 1.87. The summed E-state index contributed by atoms with van der Waals surface area (Å²) in [4.78, 5) is 29.3. The Balaban J connectivity index is 1.28. The third kappa shape index (κ3) is 4.62. The number of anilines is 1. The number of amides is 2. The molecule has 2 amide bonds. The highest BCUT2D eigenvalue weighted by atomic mass is 16.6. The van der Waals surface area contributed by atoms with Crippen LogP contribution in [0.4, 0.5) is 5.69 Å². The number of rotatable bonds is 4. The van der Waals surface area contributed by atoms with Crippen LogP contribution in [0.2, 0.25) is 0 Å². The van der Waals surface area contributed by atoms with E-state index < -0.39 is 6.10 Å². The molecule has 8 heteroatoms. The van der Waals surface area contributed by atoms with Gasteiger partial charge in [0.1, 0.15) is 6.61 Å². The van der Waals surface area contributed by atoms with Gasteiger partial charge in [-0.2, -0.15) is 5.26 Å². The summed E-state index contributed by atoms with van der Waals surface area (Å²) in [5.41, 5.74) is 1.20. The van der Waals surface area contributed by atoms with Crippen molar-refractivity contribution in [3.05, 3.63) is 54.1 Å². The third-order valence-electron chi connectivity index (χ3n) is 5.62. The molecule has 1 saturated heterocycles. The van der Waals surface area contributed by atoms with E-state index >= 15 is 0 Å². The summed E-state index contributed by atoms with van der Waals surface area (Å²) in [6, 6.07) is 15.8. The first-order valence-electron chi connectivity index (χ1n) is 10.3. The van der Waals surface area contributed by atoms with Crippen LogP contribution in [0, 0.1) is 11.3 Å². The van der Waals surface area contributed by atoms with E-state index in [-0.39, 0.29) is 24.5 Å². The molecule has 2 aromatic rings. The van der Waals surface area contributed by atoms with E-state index in [2.05, 4.69) is 16.3 Å². The quantitative estimate of drug-likeness (QED) is 0.812. The first-order valence-corrected chi connectivity index (χ1v) is 10.3. The van der Waals surface area contributed by atoms with Crippen molar-refractivity contribution in [2.24, 2.45) is 0 Å². The number of ether oxygens (including phenoxy) is 2. The summed E-state index contributed by atoms with van der Waals surface area (Å²) in [6.45, 7) is 4.28. The average molecular weight is 420 g/mol. The molecule has 2 heterocycles. The molecule has 1 fully saturated rings. The molecule has 0 spiro atoms. The number of carbonyl (C=O) groups excluding carboxylic acids is 2. The fraction of sp³-hybridized carbons (Fsp3) is 0.348. The summed E-state index contributed by atoms with van der Waals surface area (Å²) < 4.78 is 11.5. The number of nitriles is 1. The molecule has 0 unspecified atom stereocenters. The van der Waals surface area contributed by atoms with E-state index in [0.29, 0.717) is 48.9 Å². The normalized spacial score (nSPS) is 19.2. The second kappa shape index (κ2) is 9.06. The van der Waals surface area contributed by atoms with Gasteiger partial charge in [-0.1, -0.05) is 12.1 Å². The van der Waals surface area contributed by atoms with Crippen LogP contribution in [-0.4, -0.2) is 66.5 Å². The number of hydrogen-bond donors (Lipinski definition) is 1. The minimum atomic E-state index is -0.654. The molecular weight excluding hydrogens is 396 g/mol. The van der Waals surface area contributed by atoms with E-state index in [1.54, 1.807) is 35.2 Å². The highest BCUT2D eigenvalue weighted by Gasteiger charge is 2.34. The predicted molar refractivity (Wildman–Crippen MR) is 114 cm³/mol. The van der Waals surface area contributed by atoms with Crippen LogP contribution in [0.1, 0.15) is 12.5 Å². The Kier molecular flexibility index (Phi) is 6.05. The summed E-state index contributed by atoms with van der Waals surface area (Å²) in [5.74, 6) is 1.02. The molecule has 0 saturated carbocycles. The van der Waals surface area contributed by atoms with Gasteiger partial charge >= 0.3 is 0 Å². The van der Waals surface area contributed by atoms with Gasteiger partial charge < -0.3 is 19.7 Å². The number of piperazine rings is 1. The molecule has 0 aromatic heterocycles. The second-order valence-corrected chi connectivity index (χ2v) is 7.58. The lowest BCUT2D eigenvalue weighted by molar-refractivity contribution is -0.143. The Bertz CT molecular complexity index is 993. The number of hydrogen-bond acceptors (Lipinski definition) is 6. The van der Waals surface area contributed by atoms with Crippen molar-refractivity contribution < 1.29 is 19.1 Å². The Morgan fingerprint density at radius 1 is 1.06 bits per heavy atom. The van der Waals surface area contributed by atoms with E-state index in [0.717, 1.165) is 0 Å². The monoisotopic (exact) mass is 420 g/mol. The summed E-state index contributed by atoms with van der Waals surface area (Å²) in [7, 11) is 0. The van der Waals surface area contributed by atoms with E-state index in [1.165, 1.54) is 0 Å². The number of fused-ring (bicyclic) bond motifs is 1. The van der Waals surface area contributed by atoms with Gasteiger partial charge in [-0.3, -0.25) is 14.5 Å². The lowest BCUT2D eigenvalue weighted by atomic mass is 10.1. The van der Waals surface area contributed by atoms with Crippen molar-refractivity contribution in [1.29, 1.82) is 5.26 Å². The first-order chi connectivity index (χ1) is 15.0. The standard InChI is InChI=1S/C23H24N4O4/c1-16(22(28)25-18-8-6-17(14-24)7-9-18)26-10-12-27(13-11-26)23(29)21-15-30-19-4-2-3-5-20(19)31-21/h2-9,16,21H,10-13,15H2,1H3,(H,25,28)/t16-,21+/m0/s1. The second-order valence-electron chi connectivity index (χ2n) is 7.58. The number of para-hydroxylation sites is 2. The van der Waals surface area contributed by atoms with Crippen molar-refractivity contribution in [2.45, 2.75) is 19.1 Å². The van der Waals surface area contributed by atoms with Gasteiger partial charge in [0.25, 0.3) is 5.91 Å². The van der Waals surface area contributed by atoms with Gasteiger partial charge in [0.05, 0.1) is 17.7 Å². The minimum Gasteiger partial charge on any atom is -0.485 e. The van der Waals surface area contributed by atoms with Crippen molar-refractivity contribution in [3.63, 3.8) is 0 Å². The average Bonchev–Trinajstić information content (AvgIpc) is 2.83. The molecule has 0 bridgehead atoms. The first kappa shape index (κ1) is 20.7. The van der Waals surface area contributed by atoms with Gasteiger partial charge in [0.2, 0.25) is 12.0 Å². The zero-order valence-corrected chi connectivity index (χ0v) is 17.3. The fourth-order valence-electron chi connectivity index (χ4n) is 3.72. The molecule has 0 radical (unpaired) electrons. The number of nitrogens with one attached hydrogen (secondary N) is 1. The fourth-order valence-corrected chi connectivity index (χ4v) is 3.72. The van der Waals surface area contributed by atoms with Crippen LogP contribution in [-0.2, 0) is 9.59 Å². The summed E-state index contributed by atoms with van der Waals surface area (Å²) in [6.07, 6.45) is -0.654. The van der Waals surface area contributed by atoms with E-state index in [9.17, 15) is 9.59 Å². The number of carbonyl (C=O) groups is 2. The zero-order chi connectivity index (χ0) is 21.8. The molecule has 4 rings (SSSR count). The van der Waals surface area contributed by atoms with Crippen molar-refractivity contribution in [2.75, 3.05) is 38.1 Å². The van der Waals surface area contributed by atoms with Crippen LogP contribution >= 0.6 is 0 Å². The molecule has 2 aromatic carbocycles. The highest BCUT2D eigenvalue weighted by molar-refractivity contribution is 5.94. The SMILES string of the molecule is C[C@@H](C(=O)Nc1ccc(C#N)cc1)N1CCN(C(=O)[C@H]2COc3ccccc3O2)CC1. The number of nitrogens with zero attached hydrogens (tertiary/aromatic N) is 3. The van der Waals surface area contributed by atoms with Crippen LogP contribution in [0.25, 0.3) is 0 Å². The largest absolute Gasteiger partial charge is 0.485 e. The molecule has 31 heavy (non-hydrogen) atoms. The molecule has 8 nitrogen and oxygen atoms in total. The van der Waals surface area contributed by atoms with E-state index in [1.807, 2.05) is 25.1 Å². The lowest BCUT2D eigenvalue weighted by Crippen LogP contribution is -2.57. The van der Waals surface area contributed by atoms with Gasteiger partial charge in [-0.25, -0.2) is 0 Å². The van der Waals surface area contributed by atoms with Gasteiger partial charge in [0.15, 0.2) is 11.5 Å². The maximum atomic E-state index is 12.9. The Labute approximate surface area is 181 Å². The van der Waals surface area contributed by atoms with Crippen molar-refractivity contribution in [1.82, 2.24) is 9.80 Å². The summed E-state index contributed by atoms with van der Waals surface area (Å²) in [5, 5.41) is 11.7. The Morgan fingerprint density at radius 2 is 1.74 bits per heavy atom.